The maximum Gasteiger partial charge on any atom is 0.187 e. The smallest absolute Gasteiger partial charge is 0.187 e. The molecule has 31 heteroatoms. The van der Waals surface area contributed by atoms with E-state index in [0.29, 0.717) is 0 Å². The maximum atomic E-state index is 11.7. The van der Waals surface area contributed by atoms with E-state index >= 15 is 0 Å². The van der Waals surface area contributed by atoms with Crippen LogP contribution in [-0.2, 0) is 61.7 Å². The molecule has 22 fully saturated rings. The van der Waals surface area contributed by atoms with Gasteiger partial charge in [-0.3, -0.25) is 4.84 Å². The highest BCUT2D eigenvalue weighted by Gasteiger charge is 2.59. The Morgan fingerprint density at radius 3 is 0.667 bits per heavy atom. The minimum absolute atomic E-state index is 0.933. The van der Waals surface area contributed by atoms with Crippen LogP contribution in [0.5, 0.6) is 0 Å². The Labute approximate surface area is 391 Å². The highest BCUT2D eigenvalue weighted by molar-refractivity contribution is 5.01. The molecule has 12 bridgehead atoms. The quantitative estimate of drug-likeness (QED) is 0.100. The van der Waals surface area contributed by atoms with Crippen molar-refractivity contribution in [3.63, 3.8) is 0 Å². The molecule has 22 aliphatic heterocycles. The number of rotatable bonds is 8. The predicted octanol–water partition coefficient (Wildman–Crippen LogP) is -12.6. The summed E-state index contributed by atoms with van der Waals surface area (Å²) in [5.41, 5.74) is 0. The van der Waals surface area contributed by atoms with Gasteiger partial charge in [-0.15, -0.1) is 0 Å². The summed E-state index contributed by atoms with van der Waals surface area (Å²) in [4.78, 5) is 5.79. The lowest BCUT2D eigenvalue weighted by Crippen LogP contribution is -2.69. The summed E-state index contributed by atoms with van der Waals surface area (Å²) < 4.78 is 69.1. The van der Waals surface area contributed by atoms with E-state index < -0.39 is 224 Å². The number of ether oxygens (including phenoxy) is 12. The van der Waals surface area contributed by atoms with Crippen LogP contribution in [0.1, 0.15) is 0 Å². The minimum Gasteiger partial charge on any atom is -0.394 e. The van der Waals surface area contributed by atoms with Crippen molar-refractivity contribution in [3.05, 3.63) is 0 Å². The molecule has 0 aromatic rings. The van der Waals surface area contributed by atoms with Crippen molar-refractivity contribution in [3.8, 4) is 0 Å². The largest absolute Gasteiger partial charge is 0.394 e. The molecule has 0 unspecified atom stereocenters. The monoisotopic (exact) mass is 1020 g/mol. The number of aliphatic hydroxyl groups excluding tert-OH is 17. The first-order chi connectivity index (χ1) is 32.8. The summed E-state index contributed by atoms with van der Waals surface area (Å²) in [7, 11) is 2.78. The molecule has 0 amide bonds. The van der Waals surface area contributed by atoms with E-state index in [1.54, 1.807) is 0 Å². The third-order valence-electron chi connectivity index (χ3n) is 13.0. The third-order valence-corrected chi connectivity index (χ3v) is 13.0. The van der Waals surface area contributed by atoms with Gasteiger partial charge in [0, 0.05) is 14.1 Å². The van der Waals surface area contributed by atoms with E-state index in [9.17, 15) is 86.8 Å². The topological polar surface area (TPSA) is 467 Å². The number of hydroxylamine groups is 2. The standard InChI is InChI=1S/C38H65NO30/c1-39(2)69-32-25(56)38-62-14(8-45)31(32)68-37-24(55)19(50)29(12(6-43)61-37)66-35-22(53)17(48)27(10(4-41)59-35)64-33-20(51)15(46)26(9(3-40)57-33)63-34-21(52)16(47)28(11(5-42)58-34)65-36-23(54)18(49)30(67-38)13(7-44)60-36/h9-38,40-56H,3-8H2,1-2H3/t9-,10-,11-,12-,13-,14-,15-,16-,17-,18-,19-,20-,21-,22-,23-,24-,25-,26-,27-,28-,29-,30-,31+,32-,33-,34-,35-,36-,37-,38-/m1/s1. The second-order valence-corrected chi connectivity index (χ2v) is 17.7. The van der Waals surface area contributed by atoms with Crippen molar-refractivity contribution < 1.29 is 148 Å². The van der Waals surface area contributed by atoms with Gasteiger partial charge in [-0.05, 0) is 0 Å². The molecule has 31 nitrogen and oxygen atoms in total. The lowest BCUT2D eigenvalue weighted by Gasteiger charge is -2.51. The van der Waals surface area contributed by atoms with Crippen LogP contribution in [0, 0.1) is 0 Å². The second-order valence-electron chi connectivity index (χ2n) is 17.7. The van der Waals surface area contributed by atoms with Crippen LogP contribution in [0.4, 0.5) is 0 Å². The Bertz CT molecular complexity index is 1580. The number of nitrogens with zero attached hydrogens (tertiary/aromatic N) is 1. The van der Waals surface area contributed by atoms with Crippen molar-refractivity contribution in [1.29, 1.82) is 0 Å². The van der Waals surface area contributed by atoms with Crippen molar-refractivity contribution in [2.45, 2.75) is 184 Å². The molecule has 69 heavy (non-hydrogen) atoms. The van der Waals surface area contributed by atoms with Crippen molar-refractivity contribution in [2.75, 3.05) is 53.7 Å². The third kappa shape index (κ3) is 11.1. The van der Waals surface area contributed by atoms with Crippen LogP contribution < -0.4 is 0 Å². The number of hydrogen-bond acceptors (Lipinski definition) is 31. The summed E-state index contributed by atoms with van der Waals surface area (Å²) >= 11 is 0. The van der Waals surface area contributed by atoms with E-state index in [4.69, 9.17) is 61.7 Å². The molecule has 0 aromatic carbocycles. The molecule has 22 heterocycles. The molecule has 30 atom stereocenters. The van der Waals surface area contributed by atoms with Crippen molar-refractivity contribution >= 4 is 0 Å². The normalized spacial score (nSPS) is 53.6. The van der Waals surface area contributed by atoms with E-state index in [0.717, 1.165) is 5.06 Å². The van der Waals surface area contributed by atoms with Gasteiger partial charge in [-0.25, -0.2) is 0 Å². The van der Waals surface area contributed by atoms with Crippen molar-refractivity contribution in [1.82, 2.24) is 5.06 Å². The summed E-state index contributed by atoms with van der Waals surface area (Å²) in [6.07, 6.45) is -57.1. The van der Waals surface area contributed by atoms with Gasteiger partial charge in [0.05, 0.1) is 39.6 Å². The van der Waals surface area contributed by atoms with Gasteiger partial charge in [-0.1, -0.05) is 0 Å². The molecule has 0 aromatic heterocycles. The lowest BCUT2D eigenvalue weighted by atomic mass is 9.94. The SMILES string of the molecule is CN(C)O[C@@H]1[C@@H](O)[C@H]2O[C@H]3[C@H](O)[C@@H](O)[C@@H](O[C@H]4[C@H](O)[C@@H](O)[C@@H](O[C@H]5[C@H](O)[C@@H](O)[C@@H](O[C@H]6[C@H](O)[C@@H](O)[C@@H](O[C@H]7[C@H](O)[C@@H](O)[C@@H](O[C@H]1[C@@H](CO)O2)O[C@@H]7CO)O[C@@H]6CO)O[C@@H]5CO)O[C@@H]4CO)O[C@@H]3CO. The van der Waals surface area contributed by atoms with Gasteiger partial charge in [0.15, 0.2) is 37.7 Å². The van der Waals surface area contributed by atoms with E-state index in [-0.39, 0.29) is 0 Å². The molecule has 0 saturated carbocycles. The summed E-state index contributed by atoms with van der Waals surface area (Å²) in [6, 6.07) is 0. The van der Waals surface area contributed by atoms with E-state index in [2.05, 4.69) is 0 Å². The summed E-state index contributed by atoms with van der Waals surface area (Å²) in [5.74, 6) is 0. The van der Waals surface area contributed by atoms with Crippen LogP contribution in [0.15, 0.2) is 0 Å². The maximum absolute atomic E-state index is 11.7. The highest BCUT2D eigenvalue weighted by Crippen LogP contribution is 2.38. The zero-order chi connectivity index (χ0) is 50.3. The Balaban J connectivity index is 1.21. The summed E-state index contributed by atoms with van der Waals surface area (Å²) in [5, 5.41) is 188. The van der Waals surface area contributed by atoms with Crippen LogP contribution in [0.3, 0.4) is 0 Å². The first-order valence-corrected chi connectivity index (χ1v) is 22.2. The number of hydrogen-bond donors (Lipinski definition) is 17. The zero-order valence-electron chi connectivity index (χ0n) is 36.9. The molecule has 0 radical (unpaired) electrons. The average Bonchev–Trinajstić information content (AvgIpc) is 3.33. The van der Waals surface area contributed by atoms with Gasteiger partial charge in [-0.2, -0.15) is 5.06 Å². The zero-order valence-corrected chi connectivity index (χ0v) is 36.9. The predicted molar refractivity (Wildman–Crippen MR) is 208 cm³/mol. The van der Waals surface area contributed by atoms with Gasteiger partial charge in [0.1, 0.15) is 146 Å². The molecule has 22 aliphatic rings. The first kappa shape index (κ1) is 55.5. The molecule has 22 saturated heterocycles. The minimum atomic E-state index is -2.14. The Morgan fingerprint density at radius 2 is 0.464 bits per heavy atom. The van der Waals surface area contributed by atoms with Crippen LogP contribution in [-0.4, -0.2) is 330 Å². The molecule has 22 rings (SSSR count). The molecule has 0 aliphatic carbocycles. The van der Waals surface area contributed by atoms with Crippen LogP contribution in [0.25, 0.3) is 0 Å². The lowest BCUT2D eigenvalue weighted by molar-refractivity contribution is -0.409. The first-order valence-electron chi connectivity index (χ1n) is 22.2. The van der Waals surface area contributed by atoms with Gasteiger partial charge < -0.3 is 144 Å². The van der Waals surface area contributed by atoms with Crippen LogP contribution in [0.2, 0.25) is 0 Å². The van der Waals surface area contributed by atoms with E-state index in [1.165, 1.54) is 14.1 Å². The van der Waals surface area contributed by atoms with Crippen molar-refractivity contribution in [2.24, 2.45) is 0 Å². The molecular formula is C38H65NO30. The Morgan fingerprint density at radius 1 is 0.275 bits per heavy atom. The van der Waals surface area contributed by atoms with Gasteiger partial charge in [0.25, 0.3) is 0 Å². The molecular weight excluding hydrogens is 950 g/mol. The van der Waals surface area contributed by atoms with Gasteiger partial charge in [0.2, 0.25) is 0 Å². The van der Waals surface area contributed by atoms with Gasteiger partial charge >= 0.3 is 0 Å². The molecule has 17 N–H and O–H groups in total. The Kier molecular flexibility index (Phi) is 18.9. The van der Waals surface area contributed by atoms with Crippen LogP contribution >= 0.6 is 0 Å². The fourth-order valence-corrected chi connectivity index (χ4v) is 9.28. The number of aliphatic hydroxyl groups is 17. The molecule has 402 valence electrons. The second kappa shape index (κ2) is 23.5. The Hall–Kier alpha value is -1.24. The fraction of sp³-hybridized carbons (Fsp3) is 1.00. The average molecular weight is 1020 g/mol. The fourth-order valence-electron chi connectivity index (χ4n) is 9.28. The van der Waals surface area contributed by atoms with E-state index in [1.807, 2.05) is 0 Å². The molecule has 0 spiro atoms. The summed E-state index contributed by atoms with van der Waals surface area (Å²) in [6.45, 7) is -5.86. The highest BCUT2D eigenvalue weighted by atomic mass is 16.8.